The lowest BCUT2D eigenvalue weighted by Crippen LogP contribution is -2.12. The number of aryl methyl sites for hydroxylation is 2. The quantitative estimate of drug-likeness (QED) is 0.523. The van der Waals surface area contributed by atoms with Crippen LogP contribution < -0.4 is 5.32 Å². The van der Waals surface area contributed by atoms with Crippen molar-refractivity contribution in [2.24, 2.45) is 0 Å². The molecule has 0 aliphatic rings. The van der Waals surface area contributed by atoms with Crippen LogP contribution in [0.2, 0.25) is 0 Å². The van der Waals surface area contributed by atoms with Crippen LogP contribution in [0.5, 0.6) is 0 Å². The van der Waals surface area contributed by atoms with E-state index in [1.807, 2.05) is 34.8 Å². The van der Waals surface area contributed by atoms with Gasteiger partial charge in [0, 0.05) is 24.1 Å². The van der Waals surface area contributed by atoms with Gasteiger partial charge in [-0.15, -0.1) is 16.4 Å². The summed E-state index contributed by atoms with van der Waals surface area (Å²) in [5.41, 5.74) is 3.16. The number of ether oxygens (including phenoxy) is 1. The molecular formula is C19H21N5OS. The Morgan fingerprint density at radius 2 is 2.00 bits per heavy atom. The molecule has 0 spiro atoms. The van der Waals surface area contributed by atoms with Gasteiger partial charge < -0.3 is 10.1 Å². The summed E-state index contributed by atoms with van der Waals surface area (Å²) < 4.78 is 6.97. The van der Waals surface area contributed by atoms with Gasteiger partial charge in [0.2, 0.25) is 5.95 Å². The monoisotopic (exact) mass is 367 g/mol. The van der Waals surface area contributed by atoms with Gasteiger partial charge in [-0.05, 0) is 18.9 Å². The van der Waals surface area contributed by atoms with Crippen molar-refractivity contribution < 1.29 is 4.74 Å². The molecule has 0 saturated carbocycles. The molecule has 4 aromatic rings. The molecule has 0 atom stereocenters. The molecule has 4 rings (SSSR count). The number of methoxy groups -OCH3 is 1. The number of benzene rings is 1. The van der Waals surface area contributed by atoms with Gasteiger partial charge in [-0.2, -0.15) is 4.52 Å². The lowest BCUT2D eigenvalue weighted by molar-refractivity contribution is 0.210. The Balaban J connectivity index is 1.96. The third-order valence-electron chi connectivity index (χ3n) is 4.40. The minimum atomic E-state index is 0.602. The normalized spacial score (nSPS) is 11.5. The smallest absolute Gasteiger partial charge is 0.227 e. The van der Waals surface area contributed by atoms with Gasteiger partial charge in [0.05, 0.1) is 12.0 Å². The molecule has 0 amide bonds. The van der Waals surface area contributed by atoms with Crippen LogP contribution in [0.4, 0.5) is 5.95 Å². The Bertz CT molecular complexity index is 1050. The predicted octanol–water partition coefficient (Wildman–Crippen LogP) is 3.94. The number of thiophene rings is 1. The first-order chi connectivity index (χ1) is 12.7. The summed E-state index contributed by atoms with van der Waals surface area (Å²) in [5.74, 6) is 1.41. The van der Waals surface area contributed by atoms with E-state index in [0.29, 0.717) is 24.9 Å². The van der Waals surface area contributed by atoms with Crippen LogP contribution in [0, 0.1) is 6.92 Å². The molecule has 7 heteroatoms. The van der Waals surface area contributed by atoms with E-state index in [-0.39, 0.29) is 0 Å². The second-order valence-electron chi connectivity index (χ2n) is 6.06. The zero-order valence-electron chi connectivity index (χ0n) is 15.1. The molecule has 3 aromatic heterocycles. The molecule has 134 valence electrons. The van der Waals surface area contributed by atoms with Crippen molar-refractivity contribution in [1.29, 1.82) is 0 Å². The van der Waals surface area contributed by atoms with Gasteiger partial charge in [0.15, 0.2) is 11.5 Å². The first-order valence-electron chi connectivity index (χ1n) is 8.70. The average molecular weight is 367 g/mol. The van der Waals surface area contributed by atoms with Crippen LogP contribution in [-0.2, 0) is 11.2 Å². The molecule has 3 heterocycles. The lowest BCUT2D eigenvalue weighted by atomic mass is 10.1. The maximum Gasteiger partial charge on any atom is 0.227 e. The Labute approximate surface area is 155 Å². The number of nitrogens with one attached hydrogen (secondary N) is 1. The van der Waals surface area contributed by atoms with Crippen LogP contribution in [0.15, 0.2) is 30.3 Å². The summed E-state index contributed by atoms with van der Waals surface area (Å²) in [4.78, 5) is 12.0. The fourth-order valence-electron chi connectivity index (χ4n) is 3.15. The molecule has 0 unspecified atom stereocenters. The molecular weight excluding hydrogens is 346 g/mol. The molecule has 0 saturated heterocycles. The Hall–Kier alpha value is -2.51. The van der Waals surface area contributed by atoms with Gasteiger partial charge in [0.25, 0.3) is 0 Å². The van der Waals surface area contributed by atoms with Gasteiger partial charge in [0.1, 0.15) is 4.83 Å². The summed E-state index contributed by atoms with van der Waals surface area (Å²) in [5, 5.41) is 9.18. The fraction of sp³-hybridized carbons (Fsp3) is 0.316. The average Bonchev–Trinajstić information content (AvgIpc) is 3.23. The number of hydrogen-bond acceptors (Lipinski definition) is 6. The first-order valence-corrected chi connectivity index (χ1v) is 9.51. The highest BCUT2D eigenvalue weighted by Crippen LogP contribution is 2.34. The van der Waals surface area contributed by atoms with E-state index in [1.165, 1.54) is 10.4 Å². The van der Waals surface area contributed by atoms with Gasteiger partial charge in [-0.25, -0.2) is 9.97 Å². The summed E-state index contributed by atoms with van der Waals surface area (Å²) in [6, 6.07) is 10.0. The summed E-state index contributed by atoms with van der Waals surface area (Å²) in [7, 11) is 1.69. The third kappa shape index (κ3) is 2.83. The van der Waals surface area contributed by atoms with Gasteiger partial charge in [-0.3, -0.25) is 0 Å². The zero-order chi connectivity index (χ0) is 18.1. The van der Waals surface area contributed by atoms with Crippen molar-refractivity contribution in [2.75, 3.05) is 25.6 Å². The Morgan fingerprint density at radius 1 is 1.19 bits per heavy atom. The van der Waals surface area contributed by atoms with Crippen molar-refractivity contribution in [3.05, 3.63) is 40.8 Å². The van der Waals surface area contributed by atoms with Crippen molar-refractivity contribution in [2.45, 2.75) is 20.3 Å². The summed E-state index contributed by atoms with van der Waals surface area (Å²) >= 11 is 1.71. The number of hydrogen-bond donors (Lipinski definition) is 1. The van der Waals surface area contributed by atoms with Gasteiger partial charge in [-0.1, -0.05) is 37.3 Å². The van der Waals surface area contributed by atoms with Crippen LogP contribution in [0.3, 0.4) is 0 Å². The highest BCUT2D eigenvalue weighted by atomic mass is 32.1. The van der Waals surface area contributed by atoms with E-state index in [4.69, 9.17) is 19.8 Å². The maximum absolute atomic E-state index is 5.15. The summed E-state index contributed by atoms with van der Waals surface area (Å²) in [6.07, 6.45) is 0.952. The minimum absolute atomic E-state index is 0.602. The van der Waals surface area contributed by atoms with E-state index in [9.17, 15) is 0 Å². The van der Waals surface area contributed by atoms with E-state index >= 15 is 0 Å². The summed E-state index contributed by atoms with van der Waals surface area (Å²) in [6.45, 7) is 5.58. The molecule has 0 aliphatic heterocycles. The maximum atomic E-state index is 5.15. The van der Waals surface area contributed by atoms with Crippen molar-refractivity contribution in [3.8, 4) is 11.4 Å². The standard InChI is InChI=1S/C19H21N5OS/c1-4-14-12(2)26-18-15(14)17-21-16(13-8-6-5-7-9-13)23-24(17)19(22-18)20-10-11-25-3/h5-9H,4,10-11H2,1-3H3,(H,20,22). The number of rotatable bonds is 6. The molecule has 0 bridgehead atoms. The first kappa shape index (κ1) is 16.9. The van der Waals surface area contributed by atoms with Crippen LogP contribution in [0.1, 0.15) is 17.4 Å². The molecule has 1 N–H and O–H groups in total. The highest BCUT2D eigenvalue weighted by molar-refractivity contribution is 7.18. The second-order valence-corrected chi connectivity index (χ2v) is 7.27. The van der Waals surface area contributed by atoms with E-state index in [1.54, 1.807) is 18.4 Å². The SMILES string of the molecule is CCc1c(C)sc2nc(NCCOC)n3nc(-c4ccccc4)nc3c12. The molecule has 0 aliphatic carbocycles. The molecule has 26 heavy (non-hydrogen) atoms. The molecule has 0 radical (unpaired) electrons. The van der Waals surface area contributed by atoms with Crippen molar-refractivity contribution >= 4 is 33.1 Å². The Morgan fingerprint density at radius 3 is 2.73 bits per heavy atom. The topological polar surface area (TPSA) is 64.3 Å². The molecule has 0 fully saturated rings. The predicted molar refractivity (Wildman–Crippen MR) is 106 cm³/mol. The lowest BCUT2D eigenvalue weighted by Gasteiger charge is -2.07. The second kappa shape index (κ2) is 7.01. The third-order valence-corrected chi connectivity index (χ3v) is 5.45. The number of anilines is 1. The van der Waals surface area contributed by atoms with Crippen LogP contribution >= 0.6 is 11.3 Å². The molecule has 1 aromatic carbocycles. The van der Waals surface area contributed by atoms with Crippen molar-refractivity contribution in [3.63, 3.8) is 0 Å². The minimum Gasteiger partial charge on any atom is -0.383 e. The van der Waals surface area contributed by atoms with Crippen LogP contribution in [0.25, 0.3) is 27.3 Å². The van der Waals surface area contributed by atoms with Crippen molar-refractivity contribution in [1.82, 2.24) is 19.6 Å². The van der Waals surface area contributed by atoms with Crippen LogP contribution in [-0.4, -0.2) is 39.8 Å². The van der Waals surface area contributed by atoms with Gasteiger partial charge >= 0.3 is 0 Å². The molecule has 6 nitrogen and oxygen atoms in total. The fourth-order valence-corrected chi connectivity index (χ4v) is 4.26. The Kier molecular flexibility index (Phi) is 4.57. The largest absolute Gasteiger partial charge is 0.383 e. The van der Waals surface area contributed by atoms with E-state index in [0.717, 1.165) is 27.8 Å². The number of fused-ring (bicyclic) bond motifs is 3. The van der Waals surface area contributed by atoms with E-state index < -0.39 is 0 Å². The number of aromatic nitrogens is 4. The zero-order valence-corrected chi connectivity index (χ0v) is 15.9. The highest BCUT2D eigenvalue weighted by Gasteiger charge is 2.19. The van der Waals surface area contributed by atoms with E-state index in [2.05, 4.69) is 19.2 Å². The number of nitrogens with zero attached hydrogens (tertiary/aromatic N) is 4.